The number of nitrogens with one attached hydrogen (secondary N) is 2. The van der Waals surface area contributed by atoms with Crippen LogP contribution < -0.4 is 15.5 Å². The van der Waals surface area contributed by atoms with Crippen molar-refractivity contribution in [1.29, 1.82) is 0 Å². The van der Waals surface area contributed by atoms with E-state index in [1.807, 2.05) is 0 Å². The van der Waals surface area contributed by atoms with E-state index < -0.39 is 17.8 Å². The molecule has 3 amide bonds. The fourth-order valence-electron chi connectivity index (χ4n) is 4.23. The number of ether oxygens (including phenoxy) is 1. The minimum absolute atomic E-state index is 0.108. The van der Waals surface area contributed by atoms with Crippen LogP contribution in [-0.4, -0.2) is 36.3 Å². The van der Waals surface area contributed by atoms with Gasteiger partial charge in [-0.2, -0.15) is 0 Å². The van der Waals surface area contributed by atoms with Gasteiger partial charge in [-0.3, -0.25) is 14.4 Å². The van der Waals surface area contributed by atoms with Crippen LogP contribution in [0.4, 0.5) is 11.4 Å². The minimum Gasteiger partial charge on any atom is -0.462 e. The van der Waals surface area contributed by atoms with Gasteiger partial charge in [0, 0.05) is 17.3 Å². The fraction of sp³-hybridized carbons (Fsp3) is 0.308. The van der Waals surface area contributed by atoms with Crippen molar-refractivity contribution in [2.24, 2.45) is 0 Å². The molecule has 2 aromatic rings. The molecule has 35 heavy (non-hydrogen) atoms. The molecule has 2 N–H and O–H groups in total. The lowest BCUT2D eigenvalue weighted by molar-refractivity contribution is -0.120. The second-order valence-corrected chi connectivity index (χ2v) is 8.80. The molecule has 4 rings (SSSR count). The van der Waals surface area contributed by atoms with Crippen LogP contribution in [0.25, 0.3) is 0 Å². The summed E-state index contributed by atoms with van der Waals surface area (Å²) in [7, 11) is 0. The molecule has 8 nitrogen and oxygen atoms in total. The van der Waals surface area contributed by atoms with E-state index in [0.29, 0.717) is 11.3 Å². The van der Waals surface area contributed by atoms with Gasteiger partial charge in [0.25, 0.3) is 17.7 Å². The third-order valence-corrected chi connectivity index (χ3v) is 6.33. The van der Waals surface area contributed by atoms with E-state index in [4.69, 9.17) is 16.3 Å². The zero-order chi connectivity index (χ0) is 24.9. The summed E-state index contributed by atoms with van der Waals surface area (Å²) >= 11 is 6.24. The molecule has 1 saturated carbocycles. The normalized spacial score (nSPS) is 16.5. The van der Waals surface area contributed by atoms with Gasteiger partial charge in [-0.05, 0) is 56.2 Å². The smallest absolute Gasteiger partial charge is 0.338 e. The van der Waals surface area contributed by atoms with Crippen molar-refractivity contribution in [2.45, 2.75) is 45.1 Å². The van der Waals surface area contributed by atoms with E-state index >= 15 is 0 Å². The van der Waals surface area contributed by atoms with Gasteiger partial charge in [0.2, 0.25) is 0 Å². The number of carbonyl (C=O) groups excluding carboxylic acids is 4. The van der Waals surface area contributed by atoms with E-state index in [0.717, 1.165) is 30.6 Å². The average Bonchev–Trinajstić information content (AvgIpc) is 3.08. The predicted octanol–water partition coefficient (Wildman–Crippen LogP) is 4.36. The zero-order valence-electron chi connectivity index (χ0n) is 19.3. The Labute approximate surface area is 208 Å². The summed E-state index contributed by atoms with van der Waals surface area (Å²) in [5.41, 5.74) is 1.18. The van der Waals surface area contributed by atoms with Crippen molar-refractivity contribution in [1.82, 2.24) is 5.32 Å². The first-order chi connectivity index (χ1) is 16.9. The molecule has 1 aliphatic heterocycles. The lowest BCUT2D eigenvalue weighted by Crippen LogP contribution is -2.36. The van der Waals surface area contributed by atoms with Gasteiger partial charge >= 0.3 is 5.97 Å². The monoisotopic (exact) mass is 495 g/mol. The van der Waals surface area contributed by atoms with Gasteiger partial charge < -0.3 is 15.4 Å². The second-order valence-electron chi connectivity index (χ2n) is 8.42. The molecule has 2 aromatic carbocycles. The van der Waals surface area contributed by atoms with Crippen LogP contribution in [-0.2, 0) is 14.3 Å². The molecule has 0 bridgehead atoms. The number of hydrogen-bond donors (Lipinski definition) is 2. The molecule has 2 aliphatic rings. The SMILES string of the molecule is CCOC(=O)c1cccc(N2C(=O)C(Cl)=C(Nc3cccc(C(=O)NC4CCCCC4)c3)C2=O)c1. The lowest BCUT2D eigenvalue weighted by atomic mass is 9.95. The number of nitrogens with zero attached hydrogens (tertiary/aromatic N) is 1. The van der Waals surface area contributed by atoms with Crippen molar-refractivity contribution in [2.75, 3.05) is 16.8 Å². The van der Waals surface area contributed by atoms with Crippen molar-refractivity contribution < 1.29 is 23.9 Å². The molecule has 0 atom stereocenters. The highest BCUT2D eigenvalue weighted by Crippen LogP contribution is 2.31. The van der Waals surface area contributed by atoms with E-state index in [-0.39, 0.29) is 40.5 Å². The summed E-state index contributed by atoms with van der Waals surface area (Å²) in [4.78, 5) is 51.6. The molecule has 0 saturated heterocycles. The highest BCUT2D eigenvalue weighted by Gasteiger charge is 2.39. The van der Waals surface area contributed by atoms with Crippen LogP contribution >= 0.6 is 11.6 Å². The minimum atomic E-state index is -0.716. The number of halogens is 1. The van der Waals surface area contributed by atoms with Gasteiger partial charge in [-0.15, -0.1) is 0 Å². The maximum Gasteiger partial charge on any atom is 0.338 e. The Bertz CT molecular complexity index is 1200. The highest BCUT2D eigenvalue weighted by atomic mass is 35.5. The van der Waals surface area contributed by atoms with E-state index in [1.165, 1.54) is 24.6 Å². The van der Waals surface area contributed by atoms with Gasteiger partial charge in [-0.25, -0.2) is 9.69 Å². The second kappa shape index (κ2) is 10.7. The Morgan fingerprint density at radius 2 is 1.71 bits per heavy atom. The summed E-state index contributed by atoms with van der Waals surface area (Å²) < 4.78 is 4.99. The first-order valence-corrected chi connectivity index (χ1v) is 12.0. The van der Waals surface area contributed by atoms with Gasteiger partial charge in [0.15, 0.2) is 0 Å². The topological polar surface area (TPSA) is 105 Å². The third kappa shape index (κ3) is 5.38. The standard InChI is InChI=1S/C26H26ClN3O5/c1-2-35-26(34)17-9-7-13-20(15-17)30-24(32)21(27)22(25(30)33)28-19-12-6-8-16(14-19)23(31)29-18-10-4-3-5-11-18/h6-9,12-15,18,28H,2-5,10-11H2,1H3,(H,29,31). The van der Waals surface area contributed by atoms with Gasteiger partial charge in [-0.1, -0.05) is 43.0 Å². The Balaban J connectivity index is 1.50. The molecular formula is C26H26ClN3O5. The van der Waals surface area contributed by atoms with Crippen LogP contribution in [0, 0.1) is 0 Å². The molecule has 0 radical (unpaired) electrons. The van der Waals surface area contributed by atoms with Crippen molar-refractivity contribution >= 4 is 46.7 Å². The largest absolute Gasteiger partial charge is 0.462 e. The molecule has 0 spiro atoms. The summed E-state index contributed by atoms with van der Waals surface area (Å²) in [5, 5.41) is 5.67. The number of rotatable bonds is 7. The Morgan fingerprint density at radius 1 is 1.00 bits per heavy atom. The Kier molecular flexibility index (Phi) is 7.51. The summed E-state index contributed by atoms with van der Waals surface area (Å²) in [6.07, 6.45) is 5.34. The quantitative estimate of drug-likeness (QED) is 0.437. The number of imide groups is 1. The van der Waals surface area contributed by atoms with Crippen LogP contribution in [0.5, 0.6) is 0 Å². The number of hydrogen-bond acceptors (Lipinski definition) is 6. The van der Waals surface area contributed by atoms with Crippen molar-refractivity contribution in [3.63, 3.8) is 0 Å². The fourth-order valence-corrected chi connectivity index (χ4v) is 4.44. The first-order valence-electron chi connectivity index (χ1n) is 11.6. The molecule has 9 heteroatoms. The van der Waals surface area contributed by atoms with E-state index in [9.17, 15) is 19.2 Å². The van der Waals surface area contributed by atoms with Crippen molar-refractivity contribution in [3.8, 4) is 0 Å². The maximum atomic E-state index is 13.1. The maximum absolute atomic E-state index is 13.1. The van der Waals surface area contributed by atoms with Crippen LogP contribution in [0.3, 0.4) is 0 Å². The molecular weight excluding hydrogens is 470 g/mol. The highest BCUT2D eigenvalue weighted by molar-refractivity contribution is 6.53. The molecule has 0 unspecified atom stereocenters. The zero-order valence-corrected chi connectivity index (χ0v) is 20.1. The molecule has 1 heterocycles. The van der Waals surface area contributed by atoms with Gasteiger partial charge in [0.1, 0.15) is 10.7 Å². The summed E-state index contributed by atoms with van der Waals surface area (Å²) in [5.74, 6) is -2.13. The summed E-state index contributed by atoms with van der Waals surface area (Å²) in [6.45, 7) is 1.88. The van der Waals surface area contributed by atoms with Crippen LogP contribution in [0.2, 0.25) is 0 Å². The van der Waals surface area contributed by atoms with Crippen molar-refractivity contribution in [3.05, 3.63) is 70.4 Å². The first kappa shape index (κ1) is 24.5. The van der Waals surface area contributed by atoms with E-state index in [2.05, 4.69) is 10.6 Å². The number of esters is 1. The van der Waals surface area contributed by atoms with Crippen LogP contribution in [0.1, 0.15) is 59.7 Å². The van der Waals surface area contributed by atoms with E-state index in [1.54, 1.807) is 37.3 Å². The molecule has 0 aromatic heterocycles. The molecule has 1 fully saturated rings. The molecule has 182 valence electrons. The number of benzene rings is 2. The van der Waals surface area contributed by atoms with Gasteiger partial charge in [0.05, 0.1) is 17.9 Å². The lowest BCUT2D eigenvalue weighted by Gasteiger charge is -2.22. The number of carbonyl (C=O) groups is 4. The number of amides is 3. The summed E-state index contributed by atoms with van der Waals surface area (Å²) in [6, 6.07) is 12.8. The number of anilines is 2. The third-order valence-electron chi connectivity index (χ3n) is 5.98. The molecule has 1 aliphatic carbocycles. The predicted molar refractivity (Wildman–Crippen MR) is 132 cm³/mol. The Hall–Kier alpha value is -3.65. The average molecular weight is 496 g/mol. The van der Waals surface area contributed by atoms with Crippen LogP contribution in [0.15, 0.2) is 59.3 Å². The Morgan fingerprint density at radius 3 is 2.46 bits per heavy atom.